The minimum Gasteiger partial charge on any atom is -0.481 e. The number of hydrogen-bond acceptors (Lipinski definition) is 4. The molecular weight excluding hydrogens is 256 g/mol. The van der Waals surface area contributed by atoms with Gasteiger partial charge in [0.05, 0.1) is 18.2 Å². The molecule has 5 nitrogen and oxygen atoms in total. The van der Waals surface area contributed by atoms with E-state index in [0.717, 1.165) is 16.3 Å². The first-order valence-corrected chi connectivity index (χ1v) is 6.23. The fraction of sp³-hybridized carbons (Fsp3) is 0.200. The third-order valence-corrected chi connectivity index (χ3v) is 3.53. The van der Waals surface area contributed by atoms with Gasteiger partial charge in [-0.05, 0) is 24.8 Å². The molecule has 0 saturated heterocycles. The van der Waals surface area contributed by atoms with Crippen molar-refractivity contribution in [2.75, 3.05) is 7.11 Å². The Kier molecular flexibility index (Phi) is 2.64. The van der Waals surface area contributed by atoms with E-state index in [1.807, 2.05) is 25.1 Å². The van der Waals surface area contributed by atoms with Crippen LogP contribution in [-0.2, 0) is 0 Å². The molecule has 1 aromatic carbocycles. The molecule has 2 aromatic heterocycles. The van der Waals surface area contributed by atoms with Gasteiger partial charge in [-0.15, -0.1) is 4.73 Å². The fourth-order valence-corrected chi connectivity index (χ4v) is 2.60. The van der Waals surface area contributed by atoms with Gasteiger partial charge in [0.2, 0.25) is 5.88 Å². The maximum absolute atomic E-state index is 12.3. The van der Waals surface area contributed by atoms with Crippen LogP contribution in [0.2, 0.25) is 0 Å². The Hall–Kier alpha value is -2.56. The average Bonchev–Trinajstić information content (AvgIpc) is 2.43. The molecule has 0 aliphatic heterocycles. The zero-order valence-electron chi connectivity index (χ0n) is 11.5. The van der Waals surface area contributed by atoms with Crippen LogP contribution in [0.25, 0.3) is 21.7 Å². The third-order valence-electron chi connectivity index (χ3n) is 3.53. The first kappa shape index (κ1) is 12.5. The molecule has 0 spiro atoms. The van der Waals surface area contributed by atoms with Gasteiger partial charge < -0.3 is 9.94 Å². The molecule has 102 valence electrons. The summed E-state index contributed by atoms with van der Waals surface area (Å²) >= 11 is 0. The van der Waals surface area contributed by atoms with Gasteiger partial charge in [-0.1, -0.05) is 18.2 Å². The minimum absolute atomic E-state index is 0.411. The number of aryl methyl sites for hydroxylation is 2. The zero-order chi connectivity index (χ0) is 14.4. The van der Waals surface area contributed by atoms with Crippen molar-refractivity contribution in [1.82, 2.24) is 9.71 Å². The SMILES string of the molecule is COc1cc2c3cccc(C)c3c(=O)n(O)c2c(C)n1. The maximum Gasteiger partial charge on any atom is 0.291 e. The van der Waals surface area contributed by atoms with E-state index in [0.29, 0.717) is 27.2 Å². The highest BCUT2D eigenvalue weighted by molar-refractivity contribution is 6.07. The van der Waals surface area contributed by atoms with E-state index in [4.69, 9.17) is 4.74 Å². The lowest BCUT2D eigenvalue weighted by Gasteiger charge is -2.12. The second kappa shape index (κ2) is 4.23. The summed E-state index contributed by atoms with van der Waals surface area (Å²) in [7, 11) is 1.54. The van der Waals surface area contributed by atoms with Crippen molar-refractivity contribution in [2.24, 2.45) is 0 Å². The van der Waals surface area contributed by atoms with Gasteiger partial charge in [-0.3, -0.25) is 4.79 Å². The number of fused-ring (bicyclic) bond motifs is 3. The van der Waals surface area contributed by atoms with Crippen molar-refractivity contribution >= 4 is 21.7 Å². The molecule has 5 heteroatoms. The molecule has 0 radical (unpaired) electrons. The monoisotopic (exact) mass is 270 g/mol. The number of ether oxygens (including phenoxy) is 1. The van der Waals surface area contributed by atoms with Crippen LogP contribution in [0, 0.1) is 13.8 Å². The van der Waals surface area contributed by atoms with Crippen LogP contribution in [-0.4, -0.2) is 22.0 Å². The number of pyridine rings is 2. The topological polar surface area (TPSA) is 64.3 Å². The average molecular weight is 270 g/mol. The van der Waals surface area contributed by atoms with Gasteiger partial charge in [-0.25, -0.2) is 4.98 Å². The van der Waals surface area contributed by atoms with Crippen molar-refractivity contribution in [3.8, 4) is 5.88 Å². The highest BCUT2D eigenvalue weighted by Gasteiger charge is 2.15. The molecule has 0 unspecified atom stereocenters. The number of rotatable bonds is 1. The number of hydrogen-bond donors (Lipinski definition) is 1. The maximum atomic E-state index is 12.3. The molecule has 0 aliphatic carbocycles. The highest BCUT2D eigenvalue weighted by Crippen LogP contribution is 2.28. The number of aromatic nitrogens is 2. The van der Waals surface area contributed by atoms with Gasteiger partial charge in [0.1, 0.15) is 5.52 Å². The van der Waals surface area contributed by atoms with Crippen molar-refractivity contribution in [3.05, 3.63) is 45.9 Å². The van der Waals surface area contributed by atoms with E-state index in [9.17, 15) is 10.0 Å². The molecule has 1 N–H and O–H groups in total. The van der Waals surface area contributed by atoms with Crippen LogP contribution in [0.5, 0.6) is 5.88 Å². The summed E-state index contributed by atoms with van der Waals surface area (Å²) in [6, 6.07) is 7.34. The van der Waals surface area contributed by atoms with Crippen molar-refractivity contribution in [3.63, 3.8) is 0 Å². The smallest absolute Gasteiger partial charge is 0.291 e. The Morgan fingerprint density at radius 2 is 2.00 bits per heavy atom. The predicted octanol–water partition coefficient (Wildman–Crippen LogP) is 2.41. The van der Waals surface area contributed by atoms with E-state index in [-0.39, 0.29) is 0 Å². The Balaban J connectivity index is 2.69. The second-order valence-electron chi connectivity index (χ2n) is 4.76. The van der Waals surface area contributed by atoms with E-state index in [1.165, 1.54) is 7.11 Å². The number of methoxy groups -OCH3 is 1. The van der Waals surface area contributed by atoms with Crippen LogP contribution in [0.1, 0.15) is 11.3 Å². The number of benzene rings is 1. The van der Waals surface area contributed by atoms with Crippen LogP contribution < -0.4 is 10.3 Å². The van der Waals surface area contributed by atoms with Gasteiger partial charge in [0.15, 0.2) is 0 Å². The summed E-state index contributed by atoms with van der Waals surface area (Å²) in [6.45, 7) is 3.58. The number of nitrogens with zero attached hydrogens (tertiary/aromatic N) is 2. The summed E-state index contributed by atoms with van der Waals surface area (Å²) in [5.74, 6) is 0.455. The van der Waals surface area contributed by atoms with Crippen molar-refractivity contribution in [2.45, 2.75) is 13.8 Å². The highest BCUT2D eigenvalue weighted by atomic mass is 16.5. The van der Waals surface area contributed by atoms with Crippen LogP contribution in [0.3, 0.4) is 0 Å². The minimum atomic E-state index is -0.430. The summed E-state index contributed by atoms with van der Waals surface area (Å²) < 4.78 is 5.85. The fourth-order valence-electron chi connectivity index (χ4n) is 2.60. The molecular formula is C15H14N2O3. The van der Waals surface area contributed by atoms with Crippen LogP contribution in [0.15, 0.2) is 29.1 Å². The first-order chi connectivity index (χ1) is 9.54. The molecule has 0 atom stereocenters. The largest absolute Gasteiger partial charge is 0.481 e. The van der Waals surface area contributed by atoms with Crippen LogP contribution in [0.4, 0.5) is 0 Å². The zero-order valence-corrected chi connectivity index (χ0v) is 11.5. The lowest BCUT2D eigenvalue weighted by atomic mass is 10.0. The van der Waals surface area contributed by atoms with Crippen LogP contribution >= 0.6 is 0 Å². The molecule has 0 saturated carbocycles. The van der Waals surface area contributed by atoms with Gasteiger partial charge in [0.25, 0.3) is 5.56 Å². The summed E-state index contributed by atoms with van der Waals surface area (Å²) in [6.07, 6.45) is 0. The summed E-state index contributed by atoms with van der Waals surface area (Å²) in [5.41, 5.74) is 1.35. The van der Waals surface area contributed by atoms with E-state index < -0.39 is 5.56 Å². The molecule has 0 amide bonds. The molecule has 2 heterocycles. The molecule has 3 aromatic rings. The Morgan fingerprint density at radius 1 is 1.25 bits per heavy atom. The predicted molar refractivity (Wildman–Crippen MR) is 76.7 cm³/mol. The van der Waals surface area contributed by atoms with Gasteiger partial charge >= 0.3 is 0 Å². The van der Waals surface area contributed by atoms with E-state index in [1.54, 1.807) is 13.0 Å². The Labute approximate surface area is 115 Å². The molecule has 0 aliphatic rings. The summed E-state index contributed by atoms with van der Waals surface area (Å²) in [5, 5.41) is 12.2. The van der Waals surface area contributed by atoms with Gasteiger partial charge in [-0.2, -0.15) is 0 Å². The molecule has 0 fully saturated rings. The van der Waals surface area contributed by atoms with E-state index in [2.05, 4.69) is 4.98 Å². The van der Waals surface area contributed by atoms with E-state index >= 15 is 0 Å². The third kappa shape index (κ3) is 1.56. The quantitative estimate of drug-likeness (QED) is 0.545. The molecule has 20 heavy (non-hydrogen) atoms. The second-order valence-corrected chi connectivity index (χ2v) is 4.76. The summed E-state index contributed by atoms with van der Waals surface area (Å²) in [4.78, 5) is 16.5. The first-order valence-electron chi connectivity index (χ1n) is 6.23. The normalized spacial score (nSPS) is 11.2. The lowest BCUT2D eigenvalue weighted by molar-refractivity contribution is 0.189. The molecule has 0 bridgehead atoms. The Bertz CT molecular complexity index is 897. The van der Waals surface area contributed by atoms with Crippen molar-refractivity contribution < 1.29 is 9.94 Å². The molecule has 3 rings (SSSR count). The van der Waals surface area contributed by atoms with Crippen molar-refractivity contribution in [1.29, 1.82) is 0 Å². The standard InChI is InChI=1S/C15H14N2O3/c1-8-5-4-6-10-11-7-12(20-3)16-9(2)14(11)17(19)15(18)13(8)10/h4-7,19H,1-3H3. The Morgan fingerprint density at radius 3 is 2.70 bits per heavy atom. The lowest BCUT2D eigenvalue weighted by Crippen LogP contribution is -2.20. The van der Waals surface area contributed by atoms with Gasteiger partial charge in [0, 0.05) is 11.5 Å².